The van der Waals surface area contributed by atoms with Gasteiger partial charge in [-0.2, -0.15) is 0 Å². The van der Waals surface area contributed by atoms with E-state index in [0.717, 1.165) is 0 Å². The molecule has 0 amide bonds. The fraction of sp³-hybridized carbons (Fsp3) is 0.143. The molecule has 0 unspecified atom stereocenters. The van der Waals surface area contributed by atoms with E-state index in [2.05, 4.69) is 36.8 Å². The molecule has 0 aromatic carbocycles. The van der Waals surface area contributed by atoms with Gasteiger partial charge in [-0.1, -0.05) is 0 Å². The summed E-state index contributed by atoms with van der Waals surface area (Å²) in [5, 5.41) is 10.2. The summed E-state index contributed by atoms with van der Waals surface area (Å²) in [5.74, 6) is -1.10. The van der Waals surface area contributed by atoms with Gasteiger partial charge in [-0.3, -0.25) is 0 Å². The normalized spacial score (nSPS) is 9.08. The Morgan fingerprint density at radius 1 is 1.38 bits per heavy atom. The largest absolute Gasteiger partial charge is 1.00 e. The van der Waals surface area contributed by atoms with Crippen molar-refractivity contribution in [1.82, 2.24) is 4.98 Å². The summed E-state index contributed by atoms with van der Waals surface area (Å²) < 4.78 is 1.21. The van der Waals surface area contributed by atoms with Crippen molar-refractivity contribution in [3.63, 3.8) is 0 Å². The van der Waals surface area contributed by atoms with Crippen LogP contribution in [0.4, 0.5) is 0 Å². The summed E-state index contributed by atoms with van der Waals surface area (Å²) >= 11 is 6.30. The minimum absolute atomic E-state index is 0. The number of carboxylic acid groups (broad SMARTS) is 1. The Kier molecular flexibility index (Phi) is 6.41. The molecular weight excluding hydrogens is 313 g/mol. The maximum Gasteiger partial charge on any atom is 1.00 e. The van der Waals surface area contributed by atoms with Gasteiger partial charge in [-0.05, 0) is 49.6 Å². The summed E-state index contributed by atoms with van der Waals surface area (Å²) in [7, 11) is 0. The molecule has 13 heavy (non-hydrogen) atoms. The number of pyridine rings is 1. The average Bonchev–Trinajstić information content (AvgIpc) is 1.81. The number of carbonyl (C=O) groups is 1. The van der Waals surface area contributed by atoms with Gasteiger partial charge in [0.1, 0.15) is 9.21 Å². The van der Waals surface area contributed by atoms with E-state index in [9.17, 15) is 9.90 Å². The minimum atomic E-state index is -1.10. The number of hydrogen-bond donors (Lipinski definition) is 0. The Balaban J connectivity index is 0.00000144. The third-order valence-corrected chi connectivity index (χ3v) is 1.98. The molecule has 0 aliphatic rings. The van der Waals surface area contributed by atoms with Crippen molar-refractivity contribution in [2.75, 3.05) is 0 Å². The number of aliphatic carboxylic acids is 1. The minimum Gasteiger partial charge on any atom is -0.550 e. The third-order valence-electron chi connectivity index (χ3n) is 1.17. The number of nitrogens with zero attached hydrogens (tertiary/aromatic N) is 1. The van der Waals surface area contributed by atoms with Crippen LogP contribution in [0.1, 0.15) is 5.56 Å². The van der Waals surface area contributed by atoms with Gasteiger partial charge in [-0.15, -0.1) is 0 Å². The molecule has 0 atom stereocenters. The molecule has 1 aromatic rings. The van der Waals surface area contributed by atoms with Crippen LogP contribution in [0.5, 0.6) is 0 Å². The van der Waals surface area contributed by atoms with E-state index in [-0.39, 0.29) is 36.0 Å². The van der Waals surface area contributed by atoms with Crippen LogP contribution in [0, 0.1) is 0 Å². The van der Waals surface area contributed by atoms with Gasteiger partial charge in [0, 0.05) is 12.4 Å². The quantitative estimate of drug-likeness (QED) is 0.464. The predicted molar refractivity (Wildman–Crippen MR) is 48.3 cm³/mol. The van der Waals surface area contributed by atoms with Crippen molar-refractivity contribution in [2.45, 2.75) is 6.42 Å². The monoisotopic (exact) mass is 315 g/mol. The molecule has 0 spiro atoms. The van der Waals surface area contributed by atoms with Crippen LogP contribution in [0.25, 0.3) is 0 Å². The van der Waals surface area contributed by atoms with E-state index in [0.29, 0.717) is 14.8 Å². The number of carboxylic acids is 1. The zero-order valence-electron chi connectivity index (χ0n) is 6.88. The van der Waals surface area contributed by atoms with Crippen molar-refractivity contribution in [3.05, 3.63) is 26.9 Å². The number of carbonyl (C=O) groups excluding carboxylic acids is 1. The van der Waals surface area contributed by atoms with Crippen LogP contribution in [0.15, 0.2) is 21.3 Å². The van der Waals surface area contributed by atoms with Gasteiger partial charge in [0.25, 0.3) is 0 Å². The number of rotatable bonds is 2. The Hall–Kier alpha value is 0.580. The maximum atomic E-state index is 10.2. The summed E-state index contributed by atoms with van der Waals surface area (Å²) in [4.78, 5) is 14.2. The molecule has 0 aliphatic carbocycles. The van der Waals surface area contributed by atoms with Crippen molar-refractivity contribution >= 4 is 37.8 Å². The number of aromatic nitrogens is 1. The number of halogens is 2. The second-order valence-electron chi connectivity index (χ2n) is 2.17. The fourth-order valence-corrected chi connectivity index (χ4v) is 1.99. The van der Waals surface area contributed by atoms with Gasteiger partial charge in [0.05, 0.1) is 0 Å². The van der Waals surface area contributed by atoms with Crippen molar-refractivity contribution in [3.8, 4) is 0 Å². The average molecular weight is 317 g/mol. The van der Waals surface area contributed by atoms with Crippen LogP contribution in [-0.2, 0) is 11.2 Å². The SMILES string of the molecule is O=C([O-])Cc1cc(Br)nc(Br)c1.[Na+]. The van der Waals surface area contributed by atoms with Gasteiger partial charge in [0.15, 0.2) is 0 Å². The molecule has 0 N–H and O–H groups in total. The van der Waals surface area contributed by atoms with Gasteiger partial charge in [-0.25, -0.2) is 4.98 Å². The zero-order chi connectivity index (χ0) is 9.14. The predicted octanol–water partition coefficient (Wildman–Crippen LogP) is -2.10. The Morgan fingerprint density at radius 3 is 2.23 bits per heavy atom. The van der Waals surface area contributed by atoms with Crippen LogP contribution in [-0.4, -0.2) is 11.0 Å². The molecule has 1 rings (SSSR count). The Bertz CT molecular complexity index is 299. The standard InChI is InChI=1S/C7H5Br2NO2.Na/c8-5-1-4(3-7(11)12)2-6(9)10-5;/h1-2H,3H2,(H,11,12);/q;+1/p-1. The van der Waals surface area contributed by atoms with E-state index in [4.69, 9.17) is 0 Å². The van der Waals surface area contributed by atoms with E-state index in [1.54, 1.807) is 12.1 Å². The molecule has 1 aromatic heterocycles. The molecule has 64 valence electrons. The Morgan fingerprint density at radius 2 is 1.85 bits per heavy atom. The van der Waals surface area contributed by atoms with Crippen LogP contribution in [0.2, 0.25) is 0 Å². The van der Waals surface area contributed by atoms with Gasteiger partial charge in [0.2, 0.25) is 0 Å². The van der Waals surface area contributed by atoms with Crippen molar-refractivity contribution < 1.29 is 39.5 Å². The molecule has 0 bridgehead atoms. The number of hydrogen-bond acceptors (Lipinski definition) is 3. The molecule has 0 aliphatic heterocycles. The first-order valence-electron chi connectivity index (χ1n) is 3.10. The molecule has 1 heterocycles. The van der Waals surface area contributed by atoms with Gasteiger partial charge >= 0.3 is 29.6 Å². The molecular formula is C7H4Br2NNaO2. The van der Waals surface area contributed by atoms with E-state index < -0.39 is 5.97 Å². The summed E-state index contributed by atoms with van der Waals surface area (Å²) in [5.41, 5.74) is 0.656. The van der Waals surface area contributed by atoms with Crippen LogP contribution in [0.3, 0.4) is 0 Å². The summed E-state index contributed by atoms with van der Waals surface area (Å²) in [6.45, 7) is 0. The van der Waals surface area contributed by atoms with Crippen LogP contribution >= 0.6 is 31.9 Å². The van der Waals surface area contributed by atoms with Crippen LogP contribution < -0.4 is 34.7 Å². The van der Waals surface area contributed by atoms with E-state index in [1.165, 1.54) is 0 Å². The first-order chi connectivity index (χ1) is 5.58. The molecule has 0 saturated heterocycles. The molecule has 3 nitrogen and oxygen atoms in total. The third kappa shape index (κ3) is 5.12. The van der Waals surface area contributed by atoms with Crippen molar-refractivity contribution in [1.29, 1.82) is 0 Å². The van der Waals surface area contributed by atoms with Gasteiger partial charge < -0.3 is 9.90 Å². The smallest absolute Gasteiger partial charge is 0.550 e. The topological polar surface area (TPSA) is 53.0 Å². The Labute approximate surface area is 114 Å². The van der Waals surface area contributed by atoms with E-state index >= 15 is 0 Å². The first-order valence-corrected chi connectivity index (χ1v) is 4.68. The second kappa shape index (κ2) is 6.14. The second-order valence-corrected chi connectivity index (χ2v) is 3.79. The molecule has 0 saturated carbocycles. The molecule has 0 radical (unpaired) electrons. The summed E-state index contributed by atoms with van der Waals surface area (Å²) in [6, 6.07) is 3.28. The van der Waals surface area contributed by atoms with E-state index in [1.807, 2.05) is 0 Å². The van der Waals surface area contributed by atoms with Crippen molar-refractivity contribution in [2.24, 2.45) is 0 Å². The fourth-order valence-electron chi connectivity index (χ4n) is 0.783. The maximum absolute atomic E-state index is 10.2. The zero-order valence-corrected chi connectivity index (χ0v) is 12.1. The first kappa shape index (κ1) is 13.6. The molecule has 0 fully saturated rings. The molecule has 6 heteroatoms. The summed E-state index contributed by atoms with van der Waals surface area (Å²) in [6.07, 6.45) is -0.0975.